The lowest BCUT2D eigenvalue weighted by Crippen LogP contribution is -2.17. The minimum absolute atomic E-state index is 0.164. The highest BCUT2D eigenvalue weighted by Gasteiger charge is 2.05. The topological polar surface area (TPSA) is 37.8 Å². The van der Waals surface area contributed by atoms with Crippen LogP contribution in [0.25, 0.3) is 11.3 Å². The molecule has 0 fully saturated rings. The first-order valence-corrected chi connectivity index (χ1v) is 8.00. The summed E-state index contributed by atoms with van der Waals surface area (Å²) >= 11 is 1.64. The molecule has 0 saturated carbocycles. The number of aromatic nitrogens is 2. The van der Waals surface area contributed by atoms with Crippen molar-refractivity contribution in [2.75, 3.05) is 6.54 Å². The molecule has 2 aromatic heterocycles. The Labute approximate surface area is 132 Å². The highest BCUT2D eigenvalue weighted by Crippen LogP contribution is 2.20. The third-order valence-electron chi connectivity index (χ3n) is 3.30. The van der Waals surface area contributed by atoms with E-state index in [9.17, 15) is 4.39 Å². The van der Waals surface area contributed by atoms with Crippen LogP contribution in [0.2, 0.25) is 0 Å². The fourth-order valence-corrected chi connectivity index (χ4v) is 2.94. The largest absolute Gasteiger partial charge is 0.312 e. The van der Waals surface area contributed by atoms with Crippen molar-refractivity contribution >= 4 is 11.3 Å². The van der Waals surface area contributed by atoms with Gasteiger partial charge in [-0.25, -0.2) is 9.37 Å². The zero-order chi connectivity index (χ0) is 15.2. The molecule has 2 heterocycles. The molecule has 0 aliphatic heterocycles. The van der Waals surface area contributed by atoms with Crippen molar-refractivity contribution in [3.63, 3.8) is 0 Å². The number of pyridine rings is 1. The fourth-order valence-electron chi connectivity index (χ4n) is 2.13. The Bertz CT molecular complexity index is 728. The molecule has 1 N–H and O–H groups in total. The molecule has 0 saturated heterocycles. The van der Waals surface area contributed by atoms with E-state index in [2.05, 4.69) is 15.3 Å². The van der Waals surface area contributed by atoms with Crippen LogP contribution >= 0.6 is 11.3 Å². The first-order chi connectivity index (χ1) is 10.8. The molecule has 3 nitrogen and oxygen atoms in total. The van der Waals surface area contributed by atoms with Gasteiger partial charge in [0.05, 0.1) is 10.7 Å². The number of rotatable bonds is 6. The zero-order valence-electron chi connectivity index (χ0n) is 12.0. The molecule has 0 spiro atoms. The van der Waals surface area contributed by atoms with Crippen LogP contribution in [-0.4, -0.2) is 16.5 Å². The van der Waals surface area contributed by atoms with Crippen LogP contribution in [0.5, 0.6) is 0 Å². The molecule has 0 atom stereocenters. The van der Waals surface area contributed by atoms with Crippen molar-refractivity contribution in [2.45, 2.75) is 13.0 Å². The maximum Gasteiger partial charge on any atom is 0.127 e. The molecule has 112 valence electrons. The maximum absolute atomic E-state index is 13.5. The molecule has 3 rings (SSSR count). The molecule has 5 heteroatoms. The second kappa shape index (κ2) is 7.24. The van der Waals surface area contributed by atoms with Gasteiger partial charge in [0.25, 0.3) is 0 Å². The molecule has 0 unspecified atom stereocenters. The van der Waals surface area contributed by atoms with E-state index in [0.717, 1.165) is 29.2 Å². The minimum atomic E-state index is -0.164. The quantitative estimate of drug-likeness (QED) is 0.706. The van der Waals surface area contributed by atoms with Crippen molar-refractivity contribution in [3.05, 3.63) is 70.6 Å². The van der Waals surface area contributed by atoms with Crippen LogP contribution in [-0.2, 0) is 13.0 Å². The van der Waals surface area contributed by atoms with E-state index in [-0.39, 0.29) is 5.82 Å². The fraction of sp³-hybridized carbons (Fsp3) is 0.176. The van der Waals surface area contributed by atoms with Gasteiger partial charge in [0.15, 0.2) is 0 Å². The SMILES string of the molecule is Fc1ccccc1CNCCc1nc(-c2cccnc2)cs1. The van der Waals surface area contributed by atoms with E-state index in [1.54, 1.807) is 29.7 Å². The zero-order valence-corrected chi connectivity index (χ0v) is 12.8. The van der Waals surface area contributed by atoms with Gasteiger partial charge in [-0.05, 0) is 18.2 Å². The number of halogens is 1. The van der Waals surface area contributed by atoms with Gasteiger partial charge in [0, 0.05) is 48.4 Å². The normalized spacial score (nSPS) is 10.8. The molecule has 0 aliphatic carbocycles. The van der Waals surface area contributed by atoms with E-state index in [4.69, 9.17) is 0 Å². The van der Waals surface area contributed by atoms with E-state index >= 15 is 0 Å². The molecule has 0 radical (unpaired) electrons. The third kappa shape index (κ3) is 3.75. The van der Waals surface area contributed by atoms with Crippen molar-refractivity contribution < 1.29 is 4.39 Å². The van der Waals surface area contributed by atoms with Crippen LogP contribution in [0.15, 0.2) is 54.2 Å². The first-order valence-electron chi connectivity index (χ1n) is 7.12. The Balaban J connectivity index is 1.51. The van der Waals surface area contributed by atoms with Crippen molar-refractivity contribution in [2.24, 2.45) is 0 Å². The van der Waals surface area contributed by atoms with E-state index in [1.807, 2.05) is 29.8 Å². The monoisotopic (exact) mass is 313 g/mol. The lowest BCUT2D eigenvalue weighted by Gasteiger charge is -2.04. The Morgan fingerprint density at radius 3 is 2.86 bits per heavy atom. The average molecular weight is 313 g/mol. The third-order valence-corrected chi connectivity index (χ3v) is 4.21. The summed E-state index contributed by atoms with van der Waals surface area (Å²) in [7, 11) is 0. The summed E-state index contributed by atoms with van der Waals surface area (Å²) in [6.07, 6.45) is 4.40. The van der Waals surface area contributed by atoms with Crippen molar-refractivity contribution in [1.29, 1.82) is 0 Å². The summed E-state index contributed by atoms with van der Waals surface area (Å²) in [5.41, 5.74) is 2.68. The number of hydrogen-bond acceptors (Lipinski definition) is 4. The highest BCUT2D eigenvalue weighted by atomic mass is 32.1. The number of benzene rings is 1. The maximum atomic E-state index is 13.5. The summed E-state index contributed by atoms with van der Waals surface area (Å²) in [5, 5.41) is 6.37. The first kappa shape index (κ1) is 14.8. The standard InChI is InChI=1S/C17H16FN3S/c18-15-6-2-1-4-13(15)10-20-9-7-17-21-16(12-22-17)14-5-3-8-19-11-14/h1-6,8,11-12,20H,7,9-10H2. The summed E-state index contributed by atoms with van der Waals surface area (Å²) in [4.78, 5) is 8.71. The highest BCUT2D eigenvalue weighted by molar-refractivity contribution is 7.09. The van der Waals surface area contributed by atoms with Crippen LogP contribution in [0.4, 0.5) is 4.39 Å². The van der Waals surface area contributed by atoms with Crippen molar-refractivity contribution in [3.8, 4) is 11.3 Å². The van der Waals surface area contributed by atoms with Gasteiger partial charge in [0.2, 0.25) is 0 Å². The molecule has 1 aromatic carbocycles. The Morgan fingerprint density at radius 1 is 1.14 bits per heavy atom. The van der Waals surface area contributed by atoms with Gasteiger partial charge in [-0.2, -0.15) is 0 Å². The second-order valence-corrected chi connectivity index (χ2v) is 5.83. The molecule has 0 bridgehead atoms. The smallest absolute Gasteiger partial charge is 0.127 e. The van der Waals surface area contributed by atoms with E-state index < -0.39 is 0 Å². The predicted molar refractivity (Wildman–Crippen MR) is 87.2 cm³/mol. The Kier molecular flexibility index (Phi) is 4.88. The van der Waals surface area contributed by atoms with Gasteiger partial charge in [-0.3, -0.25) is 4.98 Å². The van der Waals surface area contributed by atoms with Gasteiger partial charge >= 0.3 is 0 Å². The van der Waals surface area contributed by atoms with Crippen LogP contribution in [0, 0.1) is 5.82 Å². The lowest BCUT2D eigenvalue weighted by atomic mass is 10.2. The summed E-state index contributed by atoms with van der Waals surface area (Å²) in [5.74, 6) is -0.164. The number of nitrogens with one attached hydrogen (secondary N) is 1. The molecular weight excluding hydrogens is 297 g/mol. The summed E-state index contributed by atoms with van der Waals surface area (Å²) in [6, 6.07) is 10.7. The van der Waals surface area contributed by atoms with E-state index in [1.165, 1.54) is 6.07 Å². The molecule has 0 amide bonds. The number of nitrogens with zero attached hydrogens (tertiary/aromatic N) is 2. The molecule has 0 aliphatic rings. The lowest BCUT2D eigenvalue weighted by molar-refractivity contribution is 0.588. The van der Waals surface area contributed by atoms with Crippen LogP contribution < -0.4 is 5.32 Å². The molecular formula is C17H16FN3S. The Morgan fingerprint density at radius 2 is 2.05 bits per heavy atom. The molecule has 3 aromatic rings. The number of thiazole rings is 1. The second-order valence-electron chi connectivity index (χ2n) is 4.89. The summed E-state index contributed by atoms with van der Waals surface area (Å²) in [6.45, 7) is 1.31. The summed E-state index contributed by atoms with van der Waals surface area (Å²) < 4.78 is 13.5. The van der Waals surface area contributed by atoms with Gasteiger partial charge in [-0.15, -0.1) is 11.3 Å². The Hall–Kier alpha value is -2.11. The van der Waals surface area contributed by atoms with Crippen LogP contribution in [0.3, 0.4) is 0 Å². The van der Waals surface area contributed by atoms with Crippen molar-refractivity contribution in [1.82, 2.24) is 15.3 Å². The van der Waals surface area contributed by atoms with Crippen LogP contribution in [0.1, 0.15) is 10.6 Å². The predicted octanol–water partition coefficient (Wildman–Crippen LogP) is 3.68. The van der Waals surface area contributed by atoms with Gasteiger partial charge in [-0.1, -0.05) is 18.2 Å². The average Bonchev–Trinajstić information content (AvgIpc) is 3.03. The van der Waals surface area contributed by atoms with E-state index in [0.29, 0.717) is 12.1 Å². The van der Waals surface area contributed by atoms with Gasteiger partial charge < -0.3 is 5.32 Å². The molecule has 22 heavy (non-hydrogen) atoms. The minimum Gasteiger partial charge on any atom is -0.312 e. The number of hydrogen-bond donors (Lipinski definition) is 1. The van der Waals surface area contributed by atoms with Gasteiger partial charge in [0.1, 0.15) is 5.82 Å².